The van der Waals surface area contributed by atoms with Crippen molar-refractivity contribution < 1.29 is 9.18 Å². The van der Waals surface area contributed by atoms with Gasteiger partial charge in [-0.05, 0) is 42.7 Å². The summed E-state index contributed by atoms with van der Waals surface area (Å²) in [5, 5.41) is 2.66. The van der Waals surface area contributed by atoms with Gasteiger partial charge < -0.3 is 11.1 Å². The largest absolute Gasteiger partial charge is 0.398 e. The molecule has 1 amide bonds. The molecule has 3 N–H and O–H groups in total. The van der Waals surface area contributed by atoms with Crippen molar-refractivity contribution in [1.29, 1.82) is 0 Å². The average Bonchev–Trinajstić information content (AvgIpc) is 2.46. The second-order valence-corrected chi connectivity index (χ2v) is 4.96. The van der Waals surface area contributed by atoms with Gasteiger partial charge >= 0.3 is 0 Å². The second-order valence-electron chi connectivity index (χ2n) is 4.96. The van der Waals surface area contributed by atoms with Crippen LogP contribution < -0.4 is 11.1 Å². The van der Waals surface area contributed by atoms with Crippen LogP contribution in [-0.2, 0) is 6.42 Å². The van der Waals surface area contributed by atoms with Crippen molar-refractivity contribution in [1.82, 2.24) is 0 Å². The van der Waals surface area contributed by atoms with Gasteiger partial charge in [0, 0.05) is 11.4 Å². The maximum absolute atomic E-state index is 13.7. The van der Waals surface area contributed by atoms with Gasteiger partial charge in [-0.3, -0.25) is 4.79 Å². The lowest BCUT2D eigenvalue weighted by molar-refractivity contribution is 0.102. The van der Waals surface area contributed by atoms with E-state index in [1.165, 1.54) is 23.8 Å². The Bertz CT molecular complexity index is 603. The molecule has 0 atom stereocenters. The van der Waals surface area contributed by atoms with E-state index < -0.39 is 11.7 Å². The molecule has 2 aromatic carbocycles. The molecule has 0 radical (unpaired) electrons. The van der Waals surface area contributed by atoms with Crippen LogP contribution in [-0.4, -0.2) is 5.91 Å². The predicted molar refractivity (Wildman–Crippen MR) is 83.8 cm³/mol. The Morgan fingerprint density at radius 2 is 1.90 bits per heavy atom. The monoisotopic (exact) mass is 286 g/mol. The van der Waals surface area contributed by atoms with Gasteiger partial charge in [-0.1, -0.05) is 31.5 Å². The summed E-state index contributed by atoms with van der Waals surface area (Å²) in [5.74, 6) is -1.15. The van der Waals surface area contributed by atoms with E-state index in [9.17, 15) is 9.18 Å². The number of benzene rings is 2. The number of aryl methyl sites for hydroxylation is 1. The van der Waals surface area contributed by atoms with Crippen LogP contribution in [0.25, 0.3) is 0 Å². The standard InChI is InChI=1S/C17H19FN2O/c1-2-3-5-12-8-10-13(11-9-12)20-17(21)16-14(18)6-4-7-15(16)19/h4,6-11H,2-3,5,19H2,1H3,(H,20,21). The summed E-state index contributed by atoms with van der Waals surface area (Å²) in [6, 6.07) is 11.8. The van der Waals surface area contributed by atoms with E-state index >= 15 is 0 Å². The maximum atomic E-state index is 13.7. The van der Waals surface area contributed by atoms with Crippen LogP contribution >= 0.6 is 0 Å². The minimum absolute atomic E-state index is 0.118. The molecule has 4 heteroatoms. The molecule has 0 heterocycles. The molecule has 0 aliphatic heterocycles. The first-order chi connectivity index (χ1) is 10.1. The fourth-order valence-corrected chi connectivity index (χ4v) is 2.11. The Balaban J connectivity index is 2.09. The molecule has 110 valence electrons. The van der Waals surface area contributed by atoms with Crippen LogP contribution in [0.5, 0.6) is 0 Å². The van der Waals surface area contributed by atoms with Gasteiger partial charge in [0.05, 0.1) is 5.56 Å². The van der Waals surface area contributed by atoms with Gasteiger partial charge in [0.25, 0.3) is 5.91 Å². The lowest BCUT2D eigenvalue weighted by atomic mass is 10.1. The maximum Gasteiger partial charge on any atom is 0.260 e. The van der Waals surface area contributed by atoms with Gasteiger partial charge in [0.15, 0.2) is 0 Å². The topological polar surface area (TPSA) is 55.1 Å². The van der Waals surface area contributed by atoms with E-state index in [4.69, 9.17) is 5.73 Å². The number of nitrogen functional groups attached to an aromatic ring is 1. The summed E-state index contributed by atoms with van der Waals surface area (Å²) in [6.07, 6.45) is 3.30. The number of nitrogens with one attached hydrogen (secondary N) is 1. The summed E-state index contributed by atoms with van der Waals surface area (Å²) < 4.78 is 13.7. The lowest BCUT2D eigenvalue weighted by Gasteiger charge is -2.09. The number of hydrogen-bond acceptors (Lipinski definition) is 2. The lowest BCUT2D eigenvalue weighted by Crippen LogP contribution is -2.16. The zero-order valence-electron chi connectivity index (χ0n) is 12.0. The Morgan fingerprint density at radius 1 is 1.19 bits per heavy atom. The smallest absolute Gasteiger partial charge is 0.260 e. The third kappa shape index (κ3) is 3.81. The average molecular weight is 286 g/mol. The molecule has 21 heavy (non-hydrogen) atoms. The zero-order chi connectivity index (χ0) is 15.2. The van der Waals surface area contributed by atoms with Gasteiger partial charge in [-0.2, -0.15) is 0 Å². The van der Waals surface area contributed by atoms with Gasteiger partial charge in [-0.15, -0.1) is 0 Å². The van der Waals surface area contributed by atoms with Crippen LogP contribution in [0.15, 0.2) is 42.5 Å². The van der Waals surface area contributed by atoms with Gasteiger partial charge in [0.1, 0.15) is 5.82 Å². The first kappa shape index (κ1) is 15.0. The number of anilines is 2. The van der Waals surface area contributed by atoms with Crippen molar-refractivity contribution in [3.05, 3.63) is 59.4 Å². The first-order valence-electron chi connectivity index (χ1n) is 7.06. The molecule has 0 aromatic heterocycles. The van der Waals surface area contributed by atoms with E-state index in [0.717, 1.165) is 19.3 Å². The molecule has 0 fully saturated rings. The number of amides is 1. The van der Waals surface area contributed by atoms with Crippen LogP contribution in [0, 0.1) is 5.82 Å². The second kappa shape index (κ2) is 6.88. The van der Waals surface area contributed by atoms with Crippen molar-refractivity contribution in [2.24, 2.45) is 0 Å². The fourth-order valence-electron chi connectivity index (χ4n) is 2.11. The highest BCUT2D eigenvalue weighted by atomic mass is 19.1. The van der Waals surface area contributed by atoms with E-state index in [2.05, 4.69) is 12.2 Å². The quantitative estimate of drug-likeness (QED) is 0.816. The molecule has 0 bridgehead atoms. The molecule has 0 aliphatic carbocycles. The van der Waals surface area contributed by atoms with Crippen molar-refractivity contribution in [3.63, 3.8) is 0 Å². The number of carbonyl (C=O) groups excluding carboxylic acids is 1. The van der Waals surface area contributed by atoms with Crippen molar-refractivity contribution in [2.45, 2.75) is 26.2 Å². The summed E-state index contributed by atoms with van der Waals surface area (Å²) >= 11 is 0. The summed E-state index contributed by atoms with van der Waals surface area (Å²) in [6.45, 7) is 2.15. The molecule has 0 spiro atoms. The predicted octanol–water partition coefficient (Wildman–Crippen LogP) is 4.00. The van der Waals surface area contributed by atoms with E-state index in [-0.39, 0.29) is 11.3 Å². The van der Waals surface area contributed by atoms with E-state index in [1.54, 1.807) is 0 Å². The molecule has 0 unspecified atom stereocenters. The van der Waals surface area contributed by atoms with Gasteiger partial charge in [-0.25, -0.2) is 4.39 Å². The van der Waals surface area contributed by atoms with Crippen molar-refractivity contribution in [3.8, 4) is 0 Å². The highest BCUT2D eigenvalue weighted by Crippen LogP contribution is 2.18. The Morgan fingerprint density at radius 3 is 2.52 bits per heavy atom. The normalized spacial score (nSPS) is 10.4. The molecule has 0 aliphatic rings. The van der Waals surface area contributed by atoms with E-state index in [1.807, 2.05) is 24.3 Å². The highest BCUT2D eigenvalue weighted by Gasteiger charge is 2.15. The number of unbranched alkanes of at least 4 members (excludes halogenated alkanes) is 1. The van der Waals surface area contributed by atoms with Crippen LogP contribution in [0.4, 0.5) is 15.8 Å². The first-order valence-corrected chi connectivity index (χ1v) is 7.06. The SMILES string of the molecule is CCCCc1ccc(NC(=O)c2c(N)cccc2F)cc1. The molecular formula is C17H19FN2O. The summed E-state index contributed by atoms with van der Waals surface area (Å²) in [4.78, 5) is 12.1. The number of halogens is 1. The molecule has 3 nitrogen and oxygen atoms in total. The number of carbonyl (C=O) groups is 1. The minimum Gasteiger partial charge on any atom is -0.398 e. The minimum atomic E-state index is -0.618. The number of nitrogens with two attached hydrogens (primary N) is 1. The zero-order valence-corrected chi connectivity index (χ0v) is 12.0. The van der Waals surface area contributed by atoms with Crippen LogP contribution in [0.2, 0.25) is 0 Å². The summed E-state index contributed by atoms with van der Waals surface area (Å²) in [5.41, 5.74) is 7.52. The third-order valence-corrected chi connectivity index (χ3v) is 3.30. The van der Waals surface area contributed by atoms with Crippen molar-refractivity contribution >= 4 is 17.3 Å². The Kier molecular flexibility index (Phi) is 4.93. The van der Waals surface area contributed by atoms with Crippen LogP contribution in [0.3, 0.4) is 0 Å². The molecule has 2 aromatic rings. The fraction of sp³-hybridized carbons (Fsp3) is 0.235. The Hall–Kier alpha value is -2.36. The molecular weight excluding hydrogens is 267 g/mol. The molecule has 0 saturated heterocycles. The van der Waals surface area contributed by atoms with Crippen molar-refractivity contribution in [2.75, 3.05) is 11.1 Å². The van der Waals surface area contributed by atoms with E-state index in [0.29, 0.717) is 5.69 Å². The Labute approximate surface area is 124 Å². The number of rotatable bonds is 5. The summed E-state index contributed by atoms with van der Waals surface area (Å²) in [7, 11) is 0. The highest BCUT2D eigenvalue weighted by molar-refractivity contribution is 6.07. The molecule has 0 saturated carbocycles. The third-order valence-electron chi connectivity index (χ3n) is 3.30. The van der Waals surface area contributed by atoms with Crippen LogP contribution in [0.1, 0.15) is 35.7 Å². The number of hydrogen-bond donors (Lipinski definition) is 2. The van der Waals surface area contributed by atoms with Gasteiger partial charge in [0.2, 0.25) is 0 Å². The molecule has 2 rings (SSSR count).